The summed E-state index contributed by atoms with van der Waals surface area (Å²) in [6, 6.07) is 7.61. The quantitative estimate of drug-likeness (QED) is 0.347. The van der Waals surface area contributed by atoms with Crippen LogP contribution < -0.4 is 0 Å². The van der Waals surface area contributed by atoms with Gasteiger partial charge in [0.1, 0.15) is 5.92 Å². The van der Waals surface area contributed by atoms with Crippen LogP contribution >= 0.6 is 0 Å². The van der Waals surface area contributed by atoms with Gasteiger partial charge in [0.05, 0.1) is 0 Å². The molecule has 1 fully saturated rings. The van der Waals surface area contributed by atoms with Gasteiger partial charge in [-0.25, -0.2) is 0 Å². The third-order valence-corrected chi connectivity index (χ3v) is 3.05. The van der Waals surface area contributed by atoms with Gasteiger partial charge in [-0.1, -0.05) is 30.3 Å². The van der Waals surface area contributed by atoms with E-state index in [2.05, 4.69) is 0 Å². The van der Waals surface area contributed by atoms with Gasteiger partial charge in [0.25, 0.3) is 0 Å². The van der Waals surface area contributed by atoms with Crippen molar-refractivity contribution in [3.63, 3.8) is 0 Å². The number of esters is 1. The topological polar surface area (TPSA) is 86.5 Å². The first-order valence-electron chi connectivity index (χ1n) is 5.94. The van der Waals surface area contributed by atoms with E-state index in [9.17, 15) is 19.7 Å². The molecule has 1 aliphatic carbocycles. The summed E-state index contributed by atoms with van der Waals surface area (Å²) in [7, 11) is 0. The number of nitro groups is 1. The largest absolute Gasteiger partial charge is 0.454 e. The molecule has 0 bridgehead atoms. The fourth-order valence-corrected chi connectivity index (χ4v) is 1.82. The number of hydrogen-bond donors (Lipinski definition) is 0. The van der Waals surface area contributed by atoms with Gasteiger partial charge < -0.3 is 4.74 Å². The summed E-state index contributed by atoms with van der Waals surface area (Å²) in [5.41, 5.74) is 0.449. The SMILES string of the molecule is CC(OC(=O)C1CC1[N+](=O)[O-])C(=O)c1ccccc1. The molecule has 0 heterocycles. The fraction of sp³-hybridized carbons (Fsp3) is 0.385. The molecular weight excluding hydrogens is 250 g/mol. The Morgan fingerprint density at radius 1 is 1.37 bits per heavy atom. The van der Waals surface area contributed by atoms with E-state index in [1.807, 2.05) is 0 Å². The van der Waals surface area contributed by atoms with Gasteiger partial charge in [-0.2, -0.15) is 0 Å². The second-order valence-corrected chi connectivity index (χ2v) is 4.50. The van der Waals surface area contributed by atoms with Crippen LogP contribution in [0.5, 0.6) is 0 Å². The molecule has 100 valence electrons. The molecule has 1 aliphatic rings. The zero-order valence-electron chi connectivity index (χ0n) is 10.3. The lowest BCUT2D eigenvalue weighted by Crippen LogP contribution is -2.26. The van der Waals surface area contributed by atoms with Gasteiger partial charge in [0.2, 0.25) is 11.8 Å². The highest BCUT2D eigenvalue weighted by Gasteiger charge is 2.55. The summed E-state index contributed by atoms with van der Waals surface area (Å²) >= 11 is 0. The molecule has 1 saturated carbocycles. The number of carbonyl (C=O) groups is 2. The molecule has 1 aromatic carbocycles. The van der Waals surface area contributed by atoms with Crippen LogP contribution in [0, 0.1) is 16.0 Å². The number of ether oxygens (including phenoxy) is 1. The van der Waals surface area contributed by atoms with Crippen LogP contribution in [0.1, 0.15) is 23.7 Å². The van der Waals surface area contributed by atoms with E-state index < -0.39 is 29.0 Å². The number of rotatable bonds is 5. The number of hydrogen-bond acceptors (Lipinski definition) is 5. The number of benzene rings is 1. The first-order valence-corrected chi connectivity index (χ1v) is 5.94. The molecule has 0 saturated heterocycles. The van der Waals surface area contributed by atoms with Gasteiger partial charge in [-0.15, -0.1) is 0 Å². The molecular formula is C13H13NO5. The third kappa shape index (κ3) is 2.96. The van der Waals surface area contributed by atoms with E-state index >= 15 is 0 Å². The minimum atomic E-state index is -0.928. The van der Waals surface area contributed by atoms with Crippen molar-refractivity contribution in [2.45, 2.75) is 25.5 Å². The predicted molar refractivity (Wildman–Crippen MR) is 65.2 cm³/mol. The summed E-state index contributed by atoms with van der Waals surface area (Å²) in [4.78, 5) is 33.5. The predicted octanol–water partition coefficient (Wildman–Crippen LogP) is 1.47. The Morgan fingerprint density at radius 3 is 2.53 bits per heavy atom. The van der Waals surface area contributed by atoms with Crippen molar-refractivity contribution in [2.24, 2.45) is 5.92 Å². The summed E-state index contributed by atoms with van der Waals surface area (Å²) in [5, 5.41) is 10.4. The Morgan fingerprint density at radius 2 is 2.00 bits per heavy atom. The van der Waals surface area contributed by atoms with E-state index in [1.54, 1.807) is 30.3 Å². The van der Waals surface area contributed by atoms with Crippen LogP contribution in [0.2, 0.25) is 0 Å². The van der Waals surface area contributed by atoms with E-state index in [1.165, 1.54) is 6.92 Å². The van der Waals surface area contributed by atoms with E-state index in [0.29, 0.717) is 5.56 Å². The minimum Gasteiger partial charge on any atom is -0.454 e. The molecule has 0 radical (unpaired) electrons. The maximum Gasteiger partial charge on any atom is 0.316 e. The molecule has 6 heteroatoms. The maximum atomic E-state index is 11.9. The highest BCUT2D eigenvalue weighted by molar-refractivity contribution is 6.00. The van der Waals surface area contributed by atoms with E-state index in [-0.39, 0.29) is 12.2 Å². The molecule has 1 aromatic rings. The molecule has 3 atom stereocenters. The molecule has 6 nitrogen and oxygen atoms in total. The number of nitrogens with zero attached hydrogens (tertiary/aromatic N) is 1. The van der Waals surface area contributed by atoms with Crippen LogP contribution in [-0.4, -0.2) is 28.8 Å². The van der Waals surface area contributed by atoms with E-state index in [4.69, 9.17) is 4.74 Å². The normalized spacial score (nSPS) is 22.4. The number of ketones is 1. The van der Waals surface area contributed by atoms with Gasteiger partial charge >= 0.3 is 5.97 Å². The molecule has 0 spiro atoms. The molecule has 3 unspecified atom stereocenters. The lowest BCUT2D eigenvalue weighted by molar-refractivity contribution is -0.497. The van der Waals surface area contributed by atoms with Crippen LogP contribution in [0.4, 0.5) is 0 Å². The van der Waals surface area contributed by atoms with Crippen LogP contribution in [0.15, 0.2) is 30.3 Å². The van der Waals surface area contributed by atoms with Crippen molar-refractivity contribution in [1.29, 1.82) is 0 Å². The van der Waals surface area contributed by atoms with Gasteiger partial charge in [0.15, 0.2) is 6.10 Å². The Kier molecular flexibility index (Phi) is 3.59. The number of carbonyl (C=O) groups excluding carboxylic acids is 2. The van der Waals surface area contributed by atoms with Gasteiger partial charge in [-0.05, 0) is 6.92 Å². The van der Waals surface area contributed by atoms with Crippen molar-refractivity contribution in [3.8, 4) is 0 Å². The second kappa shape index (κ2) is 5.17. The van der Waals surface area contributed by atoms with E-state index in [0.717, 1.165) is 0 Å². The third-order valence-electron chi connectivity index (χ3n) is 3.05. The van der Waals surface area contributed by atoms with Crippen molar-refractivity contribution in [3.05, 3.63) is 46.0 Å². The summed E-state index contributed by atoms with van der Waals surface area (Å²) in [6.07, 6.45) is -0.735. The Balaban J connectivity index is 1.91. The zero-order valence-corrected chi connectivity index (χ0v) is 10.3. The first-order chi connectivity index (χ1) is 9.00. The Bertz CT molecular complexity index is 513. The summed E-state index contributed by atoms with van der Waals surface area (Å²) in [6.45, 7) is 1.47. The highest BCUT2D eigenvalue weighted by Crippen LogP contribution is 2.34. The van der Waals surface area contributed by atoms with Crippen molar-refractivity contribution in [1.82, 2.24) is 0 Å². The molecule has 0 aromatic heterocycles. The van der Waals surface area contributed by atoms with Crippen LogP contribution in [0.25, 0.3) is 0 Å². The molecule has 0 aliphatic heterocycles. The second-order valence-electron chi connectivity index (χ2n) is 4.50. The Hall–Kier alpha value is -2.24. The Labute approximate surface area is 109 Å². The molecule has 2 rings (SSSR count). The van der Waals surface area contributed by atoms with Crippen LogP contribution in [-0.2, 0) is 9.53 Å². The lowest BCUT2D eigenvalue weighted by atomic mass is 10.1. The smallest absolute Gasteiger partial charge is 0.316 e. The summed E-state index contributed by atoms with van der Waals surface area (Å²) in [5.74, 6) is -1.69. The van der Waals surface area contributed by atoms with Gasteiger partial charge in [-0.3, -0.25) is 19.7 Å². The summed E-state index contributed by atoms with van der Waals surface area (Å²) < 4.78 is 4.98. The maximum absolute atomic E-state index is 11.9. The molecule has 0 N–H and O–H groups in total. The average Bonchev–Trinajstić information content (AvgIpc) is 3.19. The molecule has 0 amide bonds. The van der Waals surface area contributed by atoms with Gasteiger partial charge in [0, 0.05) is 16.9 Å². The van der Waals surface area contributed by atoms with Crippen molar-refractivity contribution < 1.29 is 19.2 Å². The minimum absolute atomic E-state index is 0.193. The highest BCUT2D eigenvalue weighted by atomic mass is 16.6. The van der Waals surface area contributed by atoms with Crippen molar-refractivity contribution >= 4 is 11.8 Å². The lowest BCUT2D eigenvalue weighted by Gasteiger charge is -2.11. The standard InChI is InChI=1S/C13H13NO5/c1-8(12(15)9-5-3-2-4-6-9)19-13(16)10-7-11(10)14(17)18/h2-6,8,10-11H,7H2,1H3. The average molecular weight is 263 g/mol. The van der Waals surface area contributed by atoms with Crippen LogP contribution in [0.3, 0.4) is 0 Å². The van der Waals surface area contributed by atoms with Crippen molar-refractivity contribution in [2.75, 3.05) is 0 Å². The molecule has 19 heavy (non-hydrogen) atoms. The zero-order chi connectivity index (χ0) is 14.0. The number of Topliss-reactive ketones (excluding diaryl/α,β-unsaturated/α-hetero) is 1. The first kappa shape index (κ1) is 13.2. The fourth-order valence-electron chi connectivity index (χ4n) is 1.82. The monoisotopic (exact) mass is 263 g/mol.